The van der Waals surface area contributed by atoms with Gasteiger partial charge in [0.25, 0.3) is 5.91 Å². The molecule has 1 aliphatic rings. The Morgan fingerprint density at radius 1 is 1.46 bits per heavy atom. The van der Waals surface area contributed by atoms with E-state index in [1.54, 1.807) is 0 Å². The van der Waals surface area contributed by atoms with Crippen molar-refractivity contribution in [3.05, 3.63) is 34.4 Å². The van der Waals surface area contributed by atoms with Gasteiger partial charge in [-0.2, -0.15) is 10.2 Å². The minimum Gasteiger partial charge on any atom is -0.377 e. The highest BCUT2D eigenvalue weighted by molar-refractivity contribution is 5.92. The van der Waals surface area contributed by atoms with Crippen molar-refractivity contribution < 1.29 is 9.53 Å². The number of amides is 1. The topological polar surface area (TPSA) is 76.0 Å². The molecule has 7 nitrogen and oxygen atoms in total. The summed E-state index contributed by atoms with van der Waals surface area (Å²) in [4.78, 5) is 14.9. The van der Waals surface area contributed by atoms with Gasteiger partial charge in [0.2, 0.25) is 0 Å². The number of ether oxygens (including phenoxy) is 1. The Morgan fingerprint density at radius 2 is 2.25 bits per heavy atom. The van der Waals surface area contributed by atoms with Gasteiger partial charge in [0.05, 0.1) is 24.9 Å². The lowest BCUT2D eigenvalue weighted by atomic mass is 10.0. The van der Waals surface area contributed by atoms with Gasteiger partial charge in [-0.15, -0.1) is 0 Å². The first-order valence-electron chi connectivity index (χ1n) is 8.46. The van der Waals surface area contributed by atoms with Crippen molar-refractivity contribution in [2.75, 3.05) is 19.8 Å². The molecule has 1 unspecified atom stereocenters. The lowest BCUT2D eigenvalue weighted by molar-refractivity contribution is -0.00336. The highest BCUT2D eigenvalue weighted by Crippen LogP contribution is 2.30. The number of hydrogen-bond acceptors (Lipinski definition) is 4. The molecule has 3 rings (SSSR count). The molecule has 1 N–H and O–H groups in total. The monoisotopic (exact) mass is 331 g/mol. The SMILES string of the molecule is CCCc1cc(C(=O)N2CCOCC2c2c(C)nn(C)c2C)n[nH]1. The Kier molecular flexibility index (Phi) is 4.71. The van der Waals surface area contributed by atoms with Crippen LogP contribution in [-0.2, 0) is 18.2 Å². The molecule has 7 heteroatoms. The summed E-state index contributed by atoms with van der Waals surface area (Å²) in [5, 5.41) is 11.7. The van der Waals surface area contributed by atoms with E-state index < -0.39 is 0 Å². The van der Waals surface area contributed by atoms with E-state index in [1.807, 2.05) is 36.5 Å². The average molecular weight is 331 g/mol. The number of hydrogen-bond donors (Lipinski definition) is 1. The zero-order chi connectivity index (χ0) is 17.3. The molecular formula is C17H25N5O2. The fraction of sp³-hybridized carbons (Fsp3) is 0.588. The molecule has 130 valence electrons. The van der Waals surface area contributed by atoms with Crippen LogP contribution in [0.4, 0.5) is 0 Å². The molecule has 2 aromatic heterocycles. The molecular weight excluding hydrogens is 306 g/mol. The van der Waals surface area contributed by atoms with Gasteiger partial charge >= 0.3 is 0 Å². The largest absolute Gasteiger partial charge is 0.377 e. The van der Waals surface area contributed by atoms with Crippen LogP contribution >= 0.6 is 0 Å². The predicted molar refractivity (Wildman–Crippen MR) is 89.9 cm³/mol. The molecule has 1 amide bonds. The minimum atomic E-state index is -0.119. The zero-order valence-corrected chi connectivity index (χ0v) is 14.8. The molecule has 0 saturated carbocycles. The number of carbonyl (C=O) groups is 1. The molecule has 0 aliphatic carbocycles. The Morgan fingerprint density at radius 3 is 2.92 bits per heavy atom. The fourth-order valence-corrected chi connectivity index (χ4v) is 3.37. The van der Waals surface area contributed by atoms with E-state index in [0.29, 0.717) is 25.5 Å². The molecule has 1 saturated heterocycles. The van der Waals surface area contributed by atoms with Crippen LogP contribution < -0.4 is 0 Å². The van der Waals surface area contributed by atoms with Crippen molar-refractivity contribution in [2.24, 2.45) is 7.05 Å². The molecule has 0 radical (unpaired) electrons. The highest BCUT2D eigenvalue weighted by Gasteiger charge is 2.33. The normalized spacial score (nSPS) is 18.2. The molecule has 1 aliphatic heterocycles. The Labute approximate surface area is 142 Å². The van der Waals surface area contributed by atoms with Crippen LogP contribution in [0.3, 0.4) is 0 Å². The second-order valence-corrected chi connectivity index (χ2v) is 6.33. The van der Waals surface area contributed by atoms with E-state index in [1.165, 1.54) is 0 Å². The quantitative estimate of drug-likeness (QED) is 0.929. The lowest BCUT2D eigenvalue weighted by Crippen LogP contribution is -2.44. The summed E-state index contributed by atoms with van der Waals surface area (Å²) in [7, 11) is 1.92. The first kappa shape index (κ1) is 16.7. The van der Waals surface area contributed by atoms with Crippen molar-refractivity contribution in [2.45, 2.75) is 39.7 Å². The summed E-state index contributed by atoms with van der Waals surface area (Å²) in [5.41, 5.74) is 4.56. The van der Waals surface area contributed by atoms with Crippen molar-refractivity contribution in [3.8, 4) is 0 Å². The van der Waals surface area contributed by atoms with Crippen LogP contribution in [0.1, 0.15) is 52.5 Å². The van der Waals surface area contributed by atoms with Crippen LogP contribution in [-0.4, -0.2) is 50.5 Å². The highest BCUT2D eigenvalue weighted by atomic mass is 16.5. The van der Waals surface area contributed by atoms with Gasteiger partial charge < -0.3 is 9.64 Å². The summed E-state index contributed by atoms with van der Waals surface area (Å²) in [6.45, 7) is 7.72. The van der Waals surface area contributed by atoms with Gasteiger partial charge in [0.15, 0.2) is 0 Å². The fourth-order valence-electron chi connectivity index (χ4n) is 3.37. The summed E-state index contributed by atoms with van der Waals surface area (Å²) in [6, 6.07) is 1.74. The first-order valence-corrected chi connectivity index (χ1v) is 8.46. The van der Waals surface area contributed by atoms with Crippen molar-refractivity contribution in [3.63, 3.8) is 0 Å². The number of H-pyrrole nitrogens is 1. The second-order valence-electron chi connectivity index (χ2n) is 6.33. The smallest absolute Gasteiger partial charge is 0.275 e. The van der Waals surface area contributed by atoms with Gasteiger partial charge in [-0.05, 0) is 26.3 Å². The lowest BCUT2D eigenvalue weighted by Gasteiger charge is -2.35. The van der Waals surface area contributed by atoms with E-state index in [-0.39, 0.29) is 11.9 Å². The van der Waals surface area contributed by atoms with Crippen LogP contribution in [0.5, 0.6) is 0 Å². The van der Waals surface area contributed by atoms with Crippen LogP contribution in [0.25, 0.3) is 0 Å². The number of carbonyl (C=O) groups excluding carboxylic acids is 1. The van der Waals surface area contributed by atoms with E-state index in [9.17, 15) is 4.79 Å². The number of aryl methyl sites for hydroxylation is 3. The number of aromatic nitrogens is 4. The van der Waals surface area contributed by atoms with E-state index >= 15 is 0 Å². The third-order valence-corrected chi connectivity index (χ3v) is 4.66. The van der Waals surface area contributed by atoms with Crippen molar-refractivity contribution in [1.82, 2.24) is 24.9 Å². The van der Waals surface area contributed by atoms with Gasteiger partial charge in [0.1, 0.15) is 5.69 Å². The molecule has 24 heavy (non-hydrogen) atoms. The third kappa shape index (κ3) is 2.96. The molecule has 0 spiro atoms. The Hall–Kier alpha value is -2.15. The summed E-state index contributed by atoms with van der Waals surface area (Å²) < 4.78 is 7.51. The molecule has 0 bridgehead atoms. The number of rotatable bonds is 4. The summed E-state index contributed by atoms with van der Waals surface area (Å²) in [5.74, 6) is -0.0513. The maximum Gasteiger partial charge on any atom is 0.275 e. The Bertz CT molecular complexity index is 733. The van der Waals surface area contributed by atoms with Gasteiger partial charge in [0, 0.05) is 30.5 Å². The van der Waals surface area contributed by atoms with Gasteiger partial charge in [-0.3, -0.25) is 14.6 Å². The third-order valence-electron chi connectivity index (χ3n) is 4.66. The first-order chi connectivity index (χ1) is 11.5. The number of morpholine rings is 1. The zero-order valence-electron chi connectivity index (χ0n) is 14.8. The number of nitrogens with one attached hydrogen (secondary N) is 1. The van der Waals surface area contributed by atoms with Gasteiger partial charge in [-0.1, -0.05) is 13.3 Å². The average Bonchev–Trinajstić information content (AvgIpc) is 3.12. The molecule has 0 aromatic carbocycles. The second kappa shape index (κ2) is 6.76. The van der Waals surface area contributed by atoms with Crippen molar-refractivity contribution >= 4 is 5.91 Å². The van der Waals surface area contributed by atoms with Crippen LogP contribution in [0, 0.1) is 13.8 Å². The molecule has 1 fully saturated rings. The standard InChI is InChI=1S/C17H25N5O2/c1-5-6-13-9-14(19-18-13)17(23)22-7-8-24-10-15(22)16-11(2)20-21(4)12(16)3/h9,15H,5-8,10H2,1-4H3,(H,18,19). The Balaban J connectivity index is 1.90. The maximum atomic E-state index is 13.0. The summed E-state index contributed by atoms with van der Waals surface area (Å²) >= 11 is 0. The van der Waals surface area contributed by atoms with E-state index in [0.717, 1.165) is 35.5 Å². The maximum absolute atomic E-state index is 13.0. The molecule has 2 aromatic rings. The predicted octanol–water partition coefficient (Wildman–Crippen LogP) is 1.93. The van der Waals surface area contributed by atoms with Gasteiger partial charge in [-0.25, -0.2) is 0 Å². The minimum absolute atomic E-state index is 0.0513. The molecule has 1 atom stereocenters. The van der Waals surface area contributed by atoms with Crippen LogP contribution in [0.2, 0.25) is 0 Å². The van der Waals surface area contributed by atoms with E-state index in [4.69, 9.17) is 4.74 Å². The van der Waals surface area contributed by atoms with E-state index in [2.05, 4.69) is 22.2 Å². The number of nitrogens with zero attached hydrogens (tertiary/aromatic N) is 4. The van der Waals surface area contributed by atoms with Crippen molar-refractivity contribution in [1.29, 1.82) is 0 Å². The summed E-state index contributed by atoms with van der Waals surface area (Å²) in [6.07, 6.45) is 1.91. The number of aromatic amines is 1. The molecule has 3 heterocycles. The van der Waals surface area contributed by atoms with Crippen LogP contribution in [0.15, 0.2) is 6.07 Å².